The van der Waals surface area contributed by atoms with E-state index in [-0.39, 0.29) is 5.41 Å². The Morgan fingerprint density at radius 3 is 2.46 bits per heavy atom. The fraction of sp³-hybridized carbons (Fsp3) is 0.800. The Labute approximate surface area is 79.6 Å². The molecule has 1 fully saturated rings. The summed E-state index contributed by atoms with van der Waals surface area (Å²) in [5, 5.41) is 9.70. The summed E-state index contributed by atoms with van der Waals surface area (Å²) in [6, 6.07) is 0. The molecule has 1 heterocycles. The summed E-state index contributed by atoms with van der Waals surface area (Å²) in [5.41, 5.74) is 4.77. The van der Waals surface area contributed by atoms with Crippen molar-refractivity contribution < 1.29 is 9.84 Å². The highest BCUT2D eigenvalue weighted by Crippen LogP contribution is 2.39. The van der Waals surface area contributed by atoms with Crippen LogP contribution in [0.4, 0.5) is 0 Å². The molecule has 1 aliphatic rings. The molecule has 0 spiro atoms. The maximum Gasteiger partial charge on any atom is 0.160 e. The zero-order chi connectivity index (χ0) is 10.1. The monoisotopic (exact) mass is 185 g/mol. The highest BCUT2D eigenvalue weighted by atomic mass is 16.6. The SMILES string of the molecule is CC1(/C=C/N)CCC(C)(C)C(O)O1. The van der Waals surface area contributed by atoms with Crippen LogP contribution in [0.3, 0.4) is 0 Å². The van der Waals surface area contributed by atoms with Gasteiger partial charge in [-0.2, -0.15) is 0 Å². The minimum atomic E-state index is -0.706. The molecule has 13 heavy (non-hydrogen) atoms. The van der Waals surface area contributed by atoms with Crippen molar-refractivity contribution in [3.05, 3.63) is 12.3 Å². The average molecular weight is 185 g/mol. The van der Waals surface area contributed by atoms with Crippen molar-refractivity contribution in [2.45, 2.75) is 45.5 Å². The Morgan fingerprint density at radius 2 is 2.00 bits per heavy atom. The number of aliphatic hydroxyl groups excluding tert-OH is 1. The van der Waals surface area contributed by atoms with E-state index in [1.165, 1.54) is 6.20 Å². The van der Waals surface area contributed by atoms with Gasteiger partial charge < -0.3 is 15.6 Å². The van der Waals surface area contributed by atoms with E-state index in [9.17, 15) is 5.11 Å². The first-order chi connectivity index (χ1) is 5.90. The van der Waals surface area contributed by atoms with Gasteiger partial charge in [0.2, 0.25) is 0 Å². The summed E-state index contributed by atoms with van der Waals surface area (Å²) in [4.78, 5) is 0. The van der Waals surface area contributed by atoms with Crippen LogP contribution in [-0.4, -0.2) is 17.0 Å². The van der Waals surface area contributed by atoms with Gasteiger partial charge in [-0.05, 0) is 32.0 Å². The van der Waals surface area contributed by atoms with Crippen LogP contribution in [0.5, 0.6) is 0 Å². The Balaban J connectivity index is 2.70. The molecule has 3 nitrogen and oxygen atoms in total. The zero-order valence-corrected chi connectivity index (χ0v) is 8.58. The van der Waals surface area contributed by atoms with Crippen molar-refractivity contribution in [2.24, 2.45) is 11.1 Å². The lowest BCUT2D eigenvalue weighted by molar-refractivity contribution is -0.243. The first kappa shape index (κ1) is 10.5. The van der Waals surface area contributed by atoms with Gasteiger partial charge in [-0.15, -0.1) is 0 Å². The lowest BCUT2D eigenvalue weighted by Crippen LogP contribution is -2.46. The molecule has 0 aliphatic carbocycles. The number of hydrogen-bond acceptors (Lipinski definition) is 3. The third kappa shape index (κ3) is 2.23. The molecular weight excluding hydrogens is 166 g/mol. The molecule has 0 bridgehead atoms. The third-order valence-corrected chi connectivity index (χ3v) is 2.76. The summed E-state index contributed by atoms with van der Waals surface area (Å²) >= 11 is 0. The Kier molecular flexibility index (Phi) is 2.68. The summed E-state index contributed by atoms with van der Waals surface area (Å²) in [6.45, 7) is 5.95. The topological polar surface area (TPSA) is 55.5 Å². The van der Waals surface area contributed by atoms with Crippen LogP contribution < -0.4 is 5.73 Å². The number of nitrogens with two attached hydrogens (primary N) is 1. The number of rotatable bonds is 1. The van der Waals surface area contributed by atoms with E-state index in [2.05, 4.69) is 0 Å². The van der Waals surface area contributed by atoms with Crippen molar-refractivity contribution in [1.82, 2.24) is 0 Å². The number of ether oxygens (including phenoxy) is 1. The van der Waals surface area contributed by atoms with Crippen LogP contribution in [-0.2, 0) is 4.74 Å². The second-order valence-electron chi connectivity index (χ2n) is 4.63. The Hall–Kier alpha value is -0.540. The fourth-order valence-electron chi connectivity index (χ4n) is 1.49. The molecular formula is C10H19NO2. The van der Waals surface area contributed by atoms with E-state index >= 15 is 0 Å². The zero-order valence-electron chi connectivity index (χ0n) is 8.58. The van der Waals surface area contributed by atoms with Gasteiger partial charge in [-0.25, -0.2) is 0 Å². The lowest BCUT2D eigenvalue weighted by atomic mass is 9.79. The minimum Gasteiger partial charge on any atom is -0.405 e. The summed E-state index contributed by atoms with van der Waals surface area (Å²) in [6.07, 6.45) is 4.40. The van der Waals surface area contributed by atoms with Gasteiger partial charge in [-0.1, -0.05) is 13.8 Å². The predicted molar refractivity (Wildman–Crippen MR) is 51.8 cm³/mol. The molecule has 2 unspecified atom stereocenters. The second-order valence-corrected chi connectivity index (χ2v) is 4.63. The minimum absolute atomic E-state index is 0.151. The van der Waals surface area contributed by atoms with Crippen LogP contribution in [0.15, 0.2) is 12.3 Å². The van der Waals surface area contributed by atoms with E-state index in [0.717, 1.165) is 12.8 Å². The molecule has 1 saturated heterocycles. The van der Waals surface area contributed by atoms with Gasteiger partial charge in [0.25, 0.3) is 0 Å². The molecule has 1 rings (SSSR count). The van der Waals surface area contributed by atoms with Crippen LogP contribution in [0.25, 0.3) is 0 Å². The largest absolute Gasteiger partial charge is 0.405 e. The fourth-order valence-corrected chi connectivity index (χ4v) is 1.49. The molecule has 0 radical (unpaired) electrons. The van der Waals surface area contributed by atoms with E-state index in [4.69, 9.17) is 10.5 Å². The summed E-state index contributed by atoms with van der Waals surface area (Å²) in [7, 11) is 0. The van der Waals surface area contributed by atoms with Gasteiger partial charge >= 0.3 is 0 Å². The molecule has 76 valence electrons. The number of hydrogen-bond donors (Lipinski definition) is 2. The highest BCUT2D eigenvalue weighted by Gasteiger charge is 2.40. The summed E-state index contributed by atoms with van der Waals surface area (Å²) < 4.78 is 5.52. The van der Waals surface area contributed by atoms with Gasteiger partial charge in [0.05, 0.1) is 5.60 Å². The van der Waals surface area contributed by atoms with Crippen molar-refractivity contribution in [2.75, 3.05) is 0 Å². The standard InChI is InChI=1S/C10H19NO2/c1-9(2)4-5-10(3,6-7-11)13-8(9)12/h6-8,12H,4-5,11H2,1-3H3/b7-6+. The quantitative estimate of drug-likeness (QED) is 0.648. The predicted octanol–water partition coefficient (Wildman–Crippen LogP) is 1.37. The first-order valence-corrected chi connectivity index (χ1v) is 4.65. The molecule has 3 heteroatoms. The van der Waals surface area contributed by atoms with Crippen LogP contribution >= 0.6 is 0 Å². The van der Waals surface area contributed by atoms with E-state index in [1.807, 2.05) is 20.8 Å². The van der Waals surface area contributed by atoms with Crippen molar-refractivity contribution in [3.63, 3.8) is 0 Å². The highest BCUT2D eigenvalue weighted by molar-refractivity contribution is 5.01. The van der Waals surface area contributed by atoms with E-state index < -0.39 is 11.9 Å². The molecule has 0 aromatic rings. The molecule has 1 aliphatic heterocycles. The Morgan fingerprint density at radius 1 is 1.38 bits per heavy atom. The van der Waals surface area contributed by atoms with Gasteiger partial charge in [-0.3, -0.25) is 0 Å². The maximum atomic E-state index is 9.70. The maximum absolute atomic E-state index is 9.70. The second kappa shape index (κ2) is 3.31. The van der Waals surface area contributed by atoms with Crippen molar-refractivity contribution in [1.29, 1.82) is 0 Å². The molecule has 0 amide bonds. The normalized spacial score (nSPS) is 39.5. The lowest BCUT2D eigenvalue weighted by Gasteiger charge is -2.43. The van der Waals surface area contributed by atoms with Crippen molar-refractivity contribution >= 4 is 0 Å². The van der Waals surface area contributed by atoms with Crippen LogP contribution in [0, 0.1) is 5.41 Å². The van der Waals surface area contributed by atoms with Crippen molar-refractivity contribution in [3.8, 4) is 0 Å². The molecule has 2 atom stereocenters. The van der Waals surface area contributed by atoms with Crippen LogP contribution in [0.1, 0.15) is 33.6 Å². The summed E-state index contributed by atoms with van der Waals surface area (Å²) in [5.74, 6) is 0. The molecule has 0 saturated carbocycles. The molecule has 0 aromatic carbocycles. The van der Waals surface area contributed by atoms with E-state index in [1.54, 1.807) is 6.08 Å². The van der Waals surface area contributed by atoms with Gasteiger partial charge in [0.15, 0.2) is 6.29 Å². The molecule has 3 N–H and O–H groups in total. The first-order valence-electron chi connectivity index (χ1n) is 4.65. The van der Waals surface area contributed by atoms with Gasteiger partial charge in [0, 0.05) is 5.41 Å². The molecule has 0 aromatic heterocycles. The van der Waals surface area contributed by atoms with Crippen LogP contribution in [0.2, 0.25) is 0 Å². The number of aliphatic hydroxyl groups is 1. The van der Waals surface area contributed by atoms with E-state index in [0.29, 0.717) is 0 Å². The third-order valence-electron chi connectivity index (χ3n) is 2.76. The smallest absolute Gasteiger partial charge is 0.160 e. The average Bonchev–Trinajstić information content (AvgIpc) is 1.99. The van der Waals surface area contributed by atoms with Gasteiger partial charge in [0.1, 0.15) is 0 Å². The Bertz CT molecular complexity index is 213.